The maximum Gasteiger partial charge on any atom is 0.337 e. The Morgan fingerprint density at radius 3 is 2.27 bits per heavy atom. The third-order valence-electron chi connectivity index (χ3n) is 7.14. The fourth-order valence-electron chi connectivity index (χ4n) is 4.82. The molecule has 1 fully saturated rings. The van der Waals surface area contributed by atoms with Crippen LogP contribution in [0, 0.1) is 12.3 Å². The van der Waals surface area contributed by atoms with Crippen molar-refractivity contribution < 1.29 is 19.4 Å². The second-order valence-electron chi connectivity index (χ2n) is 12.0. The van der Waals surface area contributed by atoms with Crippen LogP contribution in [-0.4, -0.2) is 39.7 Å². The molecule has 3 heterocycles. The molecule has 0 aliphatic carbocycles. The van der Waals surface area contributed by atoms with Crippen LogP contribution in [0.1, 0.15) is 70.4 Å². The second kappa shape index (κ2) is 11.9. The Labute approximate surface area is 246 Å². The molecule has 0 spiro atoms. The van der Waals surface area contributed by atoms with Gasteiger partial charge in [-0.05, 0) is 70.2 Å². The number of ether oxygens (including phenoxy) is 2. The number of nitrogens with zero attached hydrogens (tertiary/aromatic N) is 3. The Bertz CT molecular complexity index is 1340. The lowest BCUT2D eigenvalue weighted by Gasteiger charge is -2.40. The number of carboxylic acids is 1. The molecule has 1 aliphatic rings. The summed E-state index contributed by atoms with van der Waals surface area (Å²) in [7, 11) is 0. The number of carbonyl (C=O) groups is 1. The van der Waals surface area contributed by atoms with E-state index >= 15 is 0 Å². The molecule has 4 rings (SSSR count). The molecule has 40 heavy (non-hydrogen) atoms. The zero-order chi connectivity index (χ0) is 29.2. The predicted octanol–water partition coefficient (Wildman–Crippen LogP) is 7.91. The molecule has 0 saturated carbocycles. The SMILES string of the molecule is Cc1ncc(-c2ccc(OCc3c(Cl)cccc3Cl)cn2)c(N2CCC(C)(C)CC2)c1[C@H](OC(C)(C)C)C(=O)O. The third kappa shape index (κ3) is 7.06. The summed E-state index contributed by atoms with van der Waals surface area (Å²) in [5.41, 5.74) is 3.66. The molecule has 0 bridgehead atoms. The minimum atomic E-state index is -1.18. The van der Waals surface area contributed by atoms with E-state index < -0.39 is 17.7 Å². The van der Waals surface area contributed by atoms with Crippen molar-refractivity contribution in [3.8, 4) is 17.0 Å². The molecule has 1 atom stereocenters. The van der Waals surface area contributed by atoms with Crippen molar-refractivity contribution in [2.24, 2.45) is 5.41 Å². The molecule has 7 nitrogen and oxygen atoms in total. The smallest absolute Gasteiger partial charge is 0.337 e. The molecule has 0 unspecified atom stereocenters. The topological polar surface area (TPSA) is 84.8 Å². The first kappa shape index (κ1) is 30.1. The number of piperidine rings is 1. The van der Waals surface area contributed by atoms with Gasteiger partial charge in [-0.15, -0.1) is 0 Å². The van der Waals surface area contributed by atoms with E-state index in [1.165, 1.54) is 0 Å². The summed E-state index contributed by atoms with van der Waals surface area (Å²) in [6, 6.07) is 9.02. The highest BCUT2D eigenvalue weighted by atomic mass is 35.5. The van der Waals surface area contributed by atoms with Crippen molar-refractivity contribution in [1.29, 1.82) is 0 Å². The number of aliphatic carboxylic acids is 1. The lowest BCUT2D eigenvalue weighted by atomic mass is 9.82. The summed E-state index contributed by atoms with van der Waals surface area (Å²) in [6.45, 7) is 13.7. The number of benzene rings is 1. The Balaban J connectivity index is 1.74. The number of aromatic nitrogens is 2. The van der Waals surface area contributed by atoms with Gasteiger partial charge in [0.05, 0.1) is 23.2 Å². The van der Waals surface area contributed by atoms with Crippen LogP contribution in [0.3, 0.4) is 0 Å². The molecular formula is C31H37Cl2N3O4. The van der Waals surface area contributed by atoms with Gasteiger partial charge in [0.2, 0.25) is 0 Å². The lowest BCUT2D eigenvalue weighted by Crippen LogP contribution is -2.39. The number of rotatable bonds is 8. The highest BCUT2D eigenvalue weighted by Gasteiger charge is 2.36. The van der Waals surface area contributed by atoms with Crippen LogP contribution in [0.15, 0.2) is 42.7 Å². The van der Waals surface area contributed by atoms with E-state index in [1.807, 2.05) is 39.8 Å². The third-order valence-corrected chi connectivity index (χ3v) is 7.84. The van der Waals surface area contributed by atoms with Gasteiger partial charge in [0.1, 0.15) is 12.4 Å². The van der Waals surface area contributed by atoms with Crippen molar-refractivity contribution >= 4 is 34.9 Å². The van der Waals surface area contributed by atoms with Crippen LogP contribution in [0.5, 0.6) is 5.75 Å². The van der Waals surface area contributed by atoms with Crippen LogP contribution in [-0.2, 0) is 16.1 Å². The summed E-state index contributed by atoms with van der Waals surface area (Å²) >= 11 is 12.6. The molecule has 0 amide bonds. The van der Waals surface area contributed by atoms with Crippen LogP contribution >= 0.6 is 23.2 Å². The van der Waals surface area contributed by atoms with Crippen molar-refractivity contribution in [2.75, 3.05) is 18.0 Å². The fourth-order valence-corrected chi connectivity index (χ4v) is 5.33. The normalized spacial score (nSPS) is 16.1. The molecule has 3 aromatic rings. The summed E-state index contributed by atoms with van der Waals surface area (Å²) < 4.78 is 12.0. The zero-order valence-corrected chi connectivity index (χ0v) is 25.4. The minimum absolute atomic E-state index is 0.203. The molecular weight excluding hydrogens is 549 g/mol. The first-order chi connectivity index (χ1) is 18.8. The van der Waals surface area contributed by atoms with Gasteiger partial charge in [0.25, 0.3) is 0 Å². The predicted molar refractivity (Wildman–Crippen MR) is 159 cm³/mol. The number of carboxylic acid groups (broad SMARTS) is 1. The van der Waals surface area contributed by atoms with Crippen LogP contribution < -0.4 is 9.64 Å². The molecule has 1 saturated heterocycles. The van der Waals surface area contributed by atoms with E-state index in [0.717, 1.165) is 37.2 Å². The number of anilines is 1. The van der Waals surface area contributed by atoms with Crippen molar-refractivity contribution in [2.45, 2.75) is 72.7 Å². The average Bonchev–Trinajstić information content (AvgIpc) is 2.87. The van der Waals surface area contributed by atoms with Gasteiger partial charge in [0, 0.05) is 51.7 Å². The highest BCUT2D eigenvalue weighted by molar-refractivity contribution is 6.35. The summed E-state index contributed by atoms with van der Waals surface area (Å²) in [5, 5.41) is 11.4. The van der Waals surface area contributed by atoms with E-state index in [1.54, 1.807) is 30.6 Å². The molecule has 1 N–H and O–H groups in total. The molecule has 2 aromatic heterocycles. The van der Waals surface area contributed by atoms with Crippen molar-refractivity contribution in [1.82, 2.24) is 9.97 Å². The number of hydrogen-bond donors (Lipinski definition) is 1. The number of halogens is 2. The van der Waals surface area contributed by atoms with E-state index in [0.29, 0.717) is 38.3 Å². The van der Waals surface area contributed by atoms with Gasteiger partial charge in [-0.25, -0.2) is 4.79 Å². The van der Waals surface area contributed by atoms with Crippen LogP contribution in [0.2, 0.25) is 10.0 Å². The van der Waals surface area contributed by atoms with E-state index in [2.05, 4.69) is 23.7 Å². The standard InChI is InChI=1S/C31H37Cl2N3O4/c1-19-26(28(29(37)38)40-30(2,3)4)27(36-14-12-31(5,6)13-15-36)21(17-34-19)25-11-10-20(16-35-25)39-18-22-23(32)8-7-9-24(22)33/h7-11,16-17,28H,12-15,18H2,1-6H3,(H,37,38)/t28-/m0/s1. The largest absolute Gasteiger partial charge is 0.487 e. The van der Waals surface area contributed by atoms with Crippen molar-refractivity contribution in [3.05, 3.63) is 69.6 Å². The lowest BCUT2D eigenvalue weighted by molar-refractivity contribution is -0.160. The Kier molecular flexibility index (Phi) is 8.98. The quantitative estimate of drug-likeness (QED) is 0.287. The first-order valence-electron chi connectivity index (χ1n) is 13.4. The summed E-state index contributed by atoms with van der Waals surface area (Å²) in [6.07, 6.45) is 4.20. The van der Waals surface area contributed by atoms with E-state index in [-0.39, 0.29) is 12.0 Å². The monoisotopic (exact) mass is 585 g/mol. The Morgan fingerprint density at radius 2 is 1.73 bits per heavy atom. The number of hydrogen-bond acceptors (Lipinski definition) is 6. The van der Waals surface area contributed by atoms with Gasteiger partial charge in [-0.1, -0.05) is 43.1 Å². The number of aryl methyl sites for hydroxylation is 1. The van der Waals surface area contributed by atoms with E-state index in [4.69, 9.17) is 37.7 Å². The summed E-state index contributed by atoms with van der Waals surface area (Å²) in [5.74, 6) is -0.494. The molecule has 9 heteroatoms. The Hall–Kier alpha value is -2.87. The molecule has 1 aliphatic heterocycles. The minimum Gasteiger partial charge on any atom is -0.487 e. The maximum absolute atomic E-state index is 12.6. The average molecular weight is 587 g/mol. The Morgan fingerprint density at radius 1 is 1.07 bits per heavy atom. The molecule has 1 aromatic carbocycles. The van der Waals surface area contributed by atoms with Crippen LogP contribution in [0.25, 0.3) is 11.3 Å². The van der Waals surface area contributed by atoms with Gasteiger partial charge < -0.3 is 19.5 Å². The van der Waals surface area contributed by atoms with Gasteiger partial charge in [-0.3, -0.25) is 9.97 Å². The van der Waals surface area contributed by atoms with E-state index in [9.17, 15) is 9.90 Å². The second-order valence-corrected chi connectivity index (χ2v) is 12.8. The van der Waals surface area contributed by atoms with Crippen molar-refractivity contribution in [3.63, 3.8) is 0 Å². The summed E-state index contributed by atoms with van der Waals surface area (Å²) in [4.78, 5) is 24.2. The molecule has 214 valence electrons. The first-order valence-corrected chi connectivity index (χ1v) is 14.2. The van der Waals surface area contributed by atoms with Gasteiger partial charge in [-0.2, -0.15) is 0 Å². The maximum atomic E-state index is 12.6. The van der Waals surface area contributed by atoms with Gasteiger partial charge >= 0.3 is 5.97 Å². The zero-order valence-electron chi connectivity index (χ0n) is 23.9. The molecule has 0 radical (unpaired) electrons. The van der Waals surface area contributed by atoms with Crippen LogP contribution in [0.4, 0.5) is 5.69 Å². The van der Waals surface area contributed by atoms with Gasteiger partial charge in [0.15, 0.2) is 6.10 Å². The number of pyridine rings is 2. The highest BCUT2D eigenvalue weighted by Crippen LogP contribution is 2.43. The fraction of sp³-hybridized carbons (Fsp3) is 0.452.